The largest absolute Gasteiger partial charge is 0.435 e. The lowest BCUT2D eigenvalue weighted by atomic mass is 10.0. The van der Waals surface area contributed by atoms with Crippen LogP contribution in [0.4, 0.5) is 19.5 Å². The van der Waals surface area contributed by atoms with E-state index in [4.69, 9.17) is 10.00 Å². The van der Waals surface area contributed by atoms with Crippen LogP contribution in [0.2, 0.25) is 0 Å². The highest BCUT2D eigenvalue weighted by molar-refractivity contribution is 5.75. The van der Waals surface area contributed by atoms with Gasteiger partial charge in [-0.3, -0.25) is 0 Å². The molecule has 0 unspecified atom stereocenters. The molecule has 186 valence electrons. The third-order valence-corrected chi connectivity index (χ3v) is 6.14. The van der Waals surface area contributed by atoms with Crippen molar-refractivity contribution in [3.63, 3.8) is 0 Å². The molecule has 1 aromatic carbocycles. The third-order valence-electron chi connectivity index (χ3n) is 6.14. The van der Waals surface area contributed by atoms with Crippen molar-refractivity contribution >= 4 is 12.0 Å². The van der Waals surface area contributed by atoms with Gasteiger partial charge < -0.3 is 25.0 Å². The van der Waals surface area contributed by atoms with Crippen molar-refractivity contribution in [3.05, 3.63) is 47.3 Å². The quantitative estimate of drug-likeness (QED) is 0.584. The molecule has 1 fully saturated rings. The van der Waals surface area contributed by atoms with Crippen molar-refractivity contribution in [2.75, 3.05) is 25.1 Å². The molecule has 1 atom stereocenters. The minimum Gasteiger partial charge on any atom is -0.435 e. The van der Waals surface area contributed by atoms with Gasteiger partial charge in [-0.2, -0.15) is 14.0 Å². The van der Waals surface area contributed by atoms with Crippen molar-refractivity contribution in [3.8, 4) is 11.8 Å². The zero-order valence-electron chi connectivity index (χ0n) is 19.3. The van der Waals surface area contributed by atoms with Crippen LogP contribution in [0.25, 0.3) is 0 Å². The minimum atomic E-state index is -2.91. The number of carbonyl (C=O) groups is 1. The number of urea groups is 1. The second-order valence-electron chi connectivity index (χ2n) is 8.51. The van der Waals surface area contributed by atoms with Crippen molar-refractivity contribution in [1.82, 2.24) is 20.2 Å². The van der Waals surface area contributed by atoms with Gasteiger partial charge in [0.1, 0.15) is 5.75 Å². The number of hydrogen-bond donors (Lipinski definition) is 2. The molecule has 2 amide bonds. The fraction of sp³-hybridized carbons (Fsp3) is 0.500. The Bertz CT molecular complexity index is 1040. The smallest absolute Gasteiger partial charge is 0.387 e. The molecular weight excluding hydrogens is 458 g/mol. The first-order valence-electron chi connectivity index (χ1n) is 11.7. The molecule has 0 radical (unpaired) electrons. The molecule has 2 aliphatic rings. The first kappa shape index (κ1) is 24.6. The van der Waals surface area contributed by atoms with Crippen molar-refractivity contribution < 1.29 is 23.0 Å². The molecule has 2 N–H and O–H groups in total. The number of alkyl halides is 2. The number of nitrogens with one attached hydrogen (secondary N) is 2. The lowest BCUT2D eigenvalue weighted by Crippen LogP contribution is -2.44. The molecule has 4 rings (SSSR count). The number of halogens is 2. The number of benzene rings is 1. The summed E-state index contributed by atoms with van der Waals surface area (Å²) in [5.41, 5.74) is 2.53. The van der Waals surface area contributed by atoms with E-state index in [9.17, 15) is 13.6 Å². The van der Waals surface area contributed by atoms with Crippen LogP contribution in [0.3, 0.4) is 0 Å². The van der Waals surface area contributed by atoms with Gasteiger partial charge >= 0.3 is 12.6 Å². The van der Waals surface area contributed by atoms with Gasteiger partial charge in [0.15, 0.2) is 0 Å². The summed E-state index contributed by atoms with van der Waals surface area (Å²) in [5, 5.41) is 15.4. The maximum atomic E-state index is 13.1. The number of fused-ring (bicyclic) bond motifs is 1. The number of amides is 2. The number of anilines is 1. The van der Waals surface area contributed by atoms with Crippen LogP contribution in [0.15, 0.2) is 30.5 Å². The molecule has 35 heavy (non-hydrogen) atoms. The average molecular weight is 487 g/mol. The van der Waals surface area contributed by atoms with Crippen LogP contribution in [0.1, 0.15) is 48.5 Å². The van der Waals surface area contributed by atoms with E-state index < -0.39 is 12.7 Å². The number of aromatic nitrogens is 2. The molecule has 0 saturated carbocycles. The zero-order chi connectivity index (χ0) is 24.6. The van der Waals surface area contributed by atoms with Gasteiger partial charge in [-0.25, -0.2) is 14.8 Å². The normalized spacial score (nSPS) is 16.8. The minimum absolute atomic E-state index is 0.0339. The number of hydrogen-bond acceptors (Lipinski definition) is 7. The summed E-state index contributed by atoms with van der Waals surface area (Å²) in [6.07, 6.45) is 4.88. The summed E-state index contributed by atoms with van der Waals surface area (Å²) in [6, 6.07) is 7.72. The third kappa shape index (κ3) is 6.76. The fourth-order valence-corrected chi connectivity index (χ4v) is 4.22. The number of nitriles is 1. The molecule has 9 nitrogen and oxygen atoms in total. The summed E-state index contributed by atoms with van der Waals surface area (Å²) in [6.45, 7) is -0.621. The van der Waals surface area contributed by atoms with E-state index in [1.165, 1.54) is 12.1 Å². The van der Waals surface area contributed by atoms with Gasteiger partial charge in [0.2, 0.25) is 5.95 Å². The second kappa shape index (κ2) is 11.8. The van der Waals surface area contributed by atoms with Gasteiger partial charge in [0.05, 0.1) is 24.3 Å². The van der Waals surface area contributed by atoms with Crippen molar-refractivity contribution in [1.29, 1.82) is 5.26 Å². The van der Waals surface area contributed by atoms with Gasteiger partial charge in [-0.15, -0.1) is 0 Å². The maximum absolute atomic E-state index is 13.1. The Labute approximate surface area is 202 Å². The standard InChI is InChI=1S/C24H28F2N6O3/c25-22(26)35-19-5-3-16(4-6-19)20(2-1-10-27)31-24(33)32-11-7-17-14-28-23(30-21(17)15-32)29-18-8-12-34-13-9-18/h3-6,14,18,20,22H,1-2,7-9,11-13,15H2,(H,31,33)(H,28,29,30)/t20-/m1/s1. The zero-order valence-corrected chi connectivity index (χ0v) is 19.3. The molecule has 11 heteroatoms. The van der Waals surface area contributed by atoms with Crippen LogP contribution >= 0.6 is 0 Å². The molecule has 1 saturated heterocycles. The van der Waals surface area contributed by atoms with E-state index in [2.05, 4.69) is 31.4 Å². The average Bonchev–Trinajstić information content (AvgIpc) is 2.87. The number of ether oxygens (including phenoxy) is 2. The van der Waals surface area contributed by atoms with E-state index in [0.29, 0.717) is 50.7 Å². The number of nitrogens with zero attached hydrogens (tertiary/aromatic N) is 4. The van der Waals surface area contributed by atoms with E-state index in [0.717, 1.165) is 24.1 Å². The second-order valence-corrected chi connectivity index (χ2v) is 8.51. The number of rotatable bonds is 8. The first-order valence-corrected chi connectivity index (χ1v) is 11.7. The molecule has 1 aromatic heterocycles. The van der Waals surface area contributed by atoms with Crippen LogP contribution in [0, 0.1) is 11.3 Å². The highest BCUT2D eigenvalue weighted by Gasteiger charge is 2.25. The molecule has 3 heterocycles. The molecule has 2 aromatic rings. The topological polar surface area (TPSA) is 112 Å². The van der Waals surface area contributed by atoms with Crippen molar-refractivity contribution in [2.24, 2.45) is 0 Å². The Balaban J connectivity index is 1.40. The molecule has 0 bridgehead atoms. The van der Waals surface area contributed by atoms with Gasteiger partial charge in [-0.1, -0.05) is 12.1 Å². The summed E-state index contributed by atoms with van der Waals surface area (Å²) < 4.78 is 34.7. The summed E-state index contributed by atoms with van der Waals surface area (Å²) in [7, 11) is 0. The van der Waals surface area contributed by atoms with Gasteiger partial charge in [0.25, 0.3) is 0 Å². The van der Waals surface area contributed by atoms with Crippen LogP contribution in [0.5, 0.6) is 5.75 Å². The maximum Gasteiger partial charge on any atom is 0.387 e. The monoisotopic (exact) mass is 486 g/mol. The fourth-order valence-electron chi connectivity index (χ4n) is 4.22. The Hall–Kier alpha value is -3.52. The summed E-state index contributed by atoms with van der Waals surface area (Å²) >= 11 is 0. The molecule has 0 spiro atoms. The Morgan fingerprint density at radius 2 is 2.06 bits per heavy atom. The van der Waals surface area contributed by atoms with Gasteiger partial charge in [-0.05, 0) is 48.9 Å². The lowest BCUT2D eigenvalue weighted by molar-refractivity contribution is -0.0498. The van der Waals surface area contributed by atoms with Crippen LogP contribution in [-0.4, -0.2) is 53.3 Å². The van der Waals surface area contributed by atoms with Gasteiger partial charge in [0, 0.05) is 38.4 Å². The first-order chi connectivity index (χ1) is 17.0. The van der Waals surface area contributed by atoms with Crippen LogP contribution in [-0.2, 0) is 17.7 Å². The Morgan fingerprint density at radius 3 is 2.77 bits per heavy atom. The Kier molecular flexibility index (Phi) is 8.26. The van der Waals surface area contributed by atoms with E-state index in [1.807, 2.05) is 6.20 Å². The highest BCUT2D eigenvalue weighted by Crippen LogP contribution is 2.24. The van der Waals surface area contributed by atoms with Crippen LogP contribution < -0.4 is 15.4 Å². The molecular formula is C24H28F2N6O3. The summed E-state index contributed by atoms with van der Waals surface area (Å²) in [4.78, 5) is 23.9. The summed E-state index contributed by atoms with van der Waals surface area (Å²) in [5.74, 6) is 0.586. The highest BCUT2D eigenvalue weighted by atomic mass is 19.3. The Morgan fingerprint density at radius 1 is 1.29 bits per heavy atom. The SMILES string of the molecule is N#CCC[C@@H](NC(=O)N1CCc2cnc(NC3CCOCC3)nc2C1)c1ccc(OC(F)F)cc1. The van der Waals surface area contributed by atoms with E-state index in [-0.39, 0.29) is 24.2 Å². The predicted molar refractivity (Wildman–Crippen MR) is 123 cm³/mol. The molecule has 2 aliphatic heterocycles. The van der Waals surface area contributed by atoms with Crippen molar-refractivity contribution in [2.45, 2.75) is 57.3 Å². The van der Waals surface area contributed by atoms with E-state index >= 15 is 0 Å². The van der Waals surface area contributed by atoms with E-state index in [1.54, 1.807) is 17.0 Å². The predicted octanol–water partition coefficient (Wildman–Crippen LogP) is 3.78. The lowest BCUT2D eigenvalue weighted by Gasteiger charge is -2.30. The molecule has 0 aliphatic carbocycles. The number of carbonyl (C=O) groups excluding carboxylic acids is 1.